The molecule has 0 saturated heterocycles. The van der Waals surface area contributed by atoms with Gasteiger partial charge in [-0.1, -0.05) is 12.1 Å². The van der Waals surface area contributed by atoms with Crippen LogP contribution in [-0.4, -0.2) is 32.0 Å². The van der Waals surface area contributed by atoms with Crippen molar-refractivity contribution in [2.24, 2.45) is 0 Å². The molecular formula is C17H16N4O2S. The Morgan fingerprint density at radius 1 is 1.21 bits per heavy atom. The van der Waals surface area contributed by atoms with Crippen LogP contribution in [0.15, 0.2) is 29.6 Å². The van der Waals surface area contributed by atoms with Crippen LogP contribution in [0.4, 0.5) is 0 Å². The number of aryl methyl sites for hydroxylation is 2. The summed E-state index contributed by atoms with van der Waals surface area (Å²) in [5, 5.41) is 3.09. The Kier molecular flexibility index (Phi) is 3.38. The second-order valence-corrected chi connectivity index (χ2v) is 6.67. The highest BCUT2D eigenvalue weighted by Gasteiger charge is 2.23. The van der Waals surface area contributed by atoms with Crippen LogP contribution in [-0.2, 0) is 11.3 Å². The highest BCUT2D eigenvalue weighted by Crippen LogP contribution is 2.26. The number of carbonyl (C=O) groups excluding carboxylic acids is 1. The molecule has 3 aromatic heterocycles. The standard InChI is InChI=1S/C17H16N4O2S/c1-10-15(16(22)23-3)21-14-7-5-4-6-13(14)20(17(21)18-10)8-12-9-24-11(2)19-12/h4-7,9H,8H2,1-3H3. The largest absolute Gasteiger partial charge is 0.464 e. The lowest BCUT2D eigenvalue weighted by Crippen LogP contribution is -2.06. The number of aromatic nitrogens is 4. The molecule has 0 unspecified atom stereocenters. The molecule has 0 saturated carbocycles. The summed E-state index contributed by atoms with van der Waals surface area (Å²) < 4.78 is 8.90. The van der Waals surface area contributed by atoms with Crippen molar-refractivity contribution in [2.45, 2.75) is 20.4 Å². The normalized spacial score (nSPS) is 11.5. The van der Waals surface area contributed by atoms with Gasteiger partial charge in [-0.2, -0.15) is 0 Å². The van der Waals surface area contributed by atoms with Crippen LogP contribution < -0.4 is 0 Å². The number of imidazole rings is 2. The smallest absolute Gasteiger partial charge is 0.357 e. The Morgan fingerprint density at radius 3 is 2.62 bits per heavy atom. The number of carbonyl (C=O) groups is 1. The zero-order valence-electron chi connectivity index (χ0n) is 13.6. The van der Waals surface area contributed by atoms with Gasteiger partial charge in [0.1, 0.15) is 0 Å². The van der Waals surface area contributed by atoms with Crippen LogP contribution in [0.25, 0.3) is 16.8 Å². The van der Waals surface area contributed by atoms with Gasteiger partial charge in [-0.15, -0.1) is 11.3 Å². The van der Waals surface area contributed by atoms with E-state index in [0.717, 1.165) is 27.5 Å². The maximum Gasteiger partial charge on any atom is 0.357 e. The second-order valence-electron chi connectivity index (χ2n) is 5.61. The monoisotopic (exact) mass is 340 g/mol. The molecule has 4 rings (SSSR count). The van der Waals surface area contributed by atoms with Gasteiger partial charge >= 0.3 is 5.97 Å². The van der Waals surface area contributed by atoms with E-state index in [1.807, 2.05) is 42.5 Å². The van der Waals surface area contributed by atoms with Crippen LogP contribution in [0.1, 0.15) is 26.9 Å². The lowest BCUT2D eigenvalue weighted by atomic mass is 10.3. The molecule has 0 N–H and O–H groups in total. The SMILES string of the molecule is COC(=O)c1c(C)nc2n(Cc3csc(C)n3)c3ccccc3n12. The second kappa shape index (κ2) is 5.45. The summed E-state index contributed by atoms with van der Waals surface area (Å²) >= 11 is 1.63. The van der Waals surface area contributed by atoms with Gasteiger partial charge < -0.3 is 9.30 Å². The average molecular weight is 340 g/mol. The predicted octanol–water partition coefficient (Wildman–Crippen LogP) is 3.20. The lowest BCUT2D eigenvalue weighted by molar-refractivity contribution is 0.0592. The van der Waals surface area contributed by atoms with Crippen LogP contribution in [0.5, 0.6) is 0 Å². The van der Waals surface area contributed by atoms with Crippen LogP contribution in [0, 0.1) is 13.8 Å². The fourth-order valence-electron chi connectivity index (χ4n) is 3.05. The number of nitrogens with zero attached hydrogens (tertiary/aromatic N) is 4. The van der Waals surface area contributed by atoms with Crippen molar-refractivity contribution in [1.29, 1.82) is 0 Å². The predicted molar refractivity (Wildman–Crippen MR) is 92.7 cm³/mol. The molecule has 122 valence electrons. The average Bonchev–Trinajstić information content (AvgIpc) is 3.22. The fraction of sp³-hybridized carbons (Fsp3) is 0.235. The van der Waals surface area contributed by atoms with Crippen molar-refractivity contribution < 1.29 is 9.53 Å². The van der Waals surface area contributed by atoms with E-state index in [1.54, 1.807) is 11.3 Å². The molecule has 6 nitrogen and oxygen atoms in total. The summed E-state index contributed by atoms with van der Waals surface area (Å²) in [7, 11) is 1.39. The van der Waals surface area contributed by atoms with Gasteiger partial charge in [0.05, 0.1) is 41.1 Å². The summed E-state index contributed by atoms with van der Waals surface area (Å²) in [6, 6.07) is 7.95. The van der Waals surface area contributed by atoms with Crippen molar-refractivity contribution >= 4 is 34.1 Å². The first-order valence-corrected chi connectivity index (χ1v) is 8.43. The Balaban J connectivity index is 2.02. The lowest BCUT2D eigenvalue weighted by Gasteiger charge is -2.02. The number of hydrogen-bond donors (Lipinski definition) is 0. The molecule has 1 aromatic carbocycles. The van der Waals surface area contributed by atoms with Crippen molar-refractivity contribution in [2.75, 3.05) is 7.11 Å². The Labute approximate surface area is 142 Å². The zero-order valence-corrected chi connectivity index (χ0v) is 14.4. The molecule has 0 aliphatic rings. The van der Waals surface area contributed by atoms with E-state index in [0.29, 0.717) is 17.9 Å². The number of para-hydroxylation sites is 2. The minimum atomic E-state index is -0.382. The Bertz CT molecular complexity index is 1070. The summed E-state index contributed by atoms with van der Waals surface area (Å²) in [5.74, 6) is 0.340. The number of esters is 1. The van der Waals surface area contributed by atoms with Gasteiger partial charge in [0.15, 0.2) is 5.69 Å². The van der Waals surface area contributed by atoms with Gasteiger partial charge in [-0.05, 0) is 26.0 Å². The summed E-state index contributed by atoms with van der Waals surface area (Å²) in [6.07, 6.45) is 0. The number of ether oxygens (including phenoxy) is 1. The molecule has 0 bridgehead atoms. The molecule has 0 spiro atoms. The Hall–Kier alpha value is -2.67. The Morgan fingerprint density at radius 2 is 1.96 bits per heavy atom. The molecule has 0 fully saturated rings. The first kappa shape index (κ1) is 14.9. The highest BCUT2D eigenvalue weighted by atomic mass is 32.1. The number of benzene rings is 1. The van der Waals surface area contributed by atoms with Crippen LogP contribution in [0.2, 0.25) is 0 Å². The molecule has 24 heavy (non-hydrogen) atoms. The van der Waals surface area contributed by atoms with Crippen LogP contribution in [0.3, 0.4) is 0 Å². The third kappa shape index (κ3) is 2.12. The van der Waals surface area contributed by atoms with Crippen molar-refractivity contribution in [3.8, 4) is 0 Å². The van der Waals surface area contributed by atoms with E-state index in [2.05, 4.69) is 19.9 Å². The first-order valence-electron chi connectivity index (χ1n) is 7.55. The van der Waals surface area contributed by atoms with Crippen LogP contribution >= 0.6 is 11.3 Å². The number of hydrogen-bond acceptors (Lipinski definition) is 5. The molecule has 3 heterocycles. The number of rotatable bonds is 3. The van der Waals surface area contributed by atoms with E-state index < -0.39 is 0 Å². The van der Waals surface area contributed by atoms with Crippen molar-refractivity contribution in [1.82, 2.24) is 18.9 Å². The first-order chi connectivity index (χ1) is 11.6. The van der Waals surface area contributed by atoms with Gasteiger partial charge in [-0.25, -0.2) is 14.8 Å². The van der Waals surface area contributed by atoms with E-state index in [4.69, 9.17) is 4.74 Å². The van der Waals surface area contributed by atoms with Gasteiger partial charge in [0, 0.05) is 5.38 Å². The van der Waals surface area contributed by atoms with Gasteiger partial charge in [0.25, 0.3) is 0 Å². The van der Waals surface area contributed by atoms with E-state index in [-0.39, 0.29) is 5.97 Å². The third-order valence-corrected chi connectivity index (χ3v) is 4.88. The zero-order chi connectivity index (χ0) is 16.8. The number of methoxy groups -OCH3 is 1. The fourth-order valence-corrected chi connectivity index (χ4v) is 3.65. The maximum absolute atomic E-state index is 12.2. The molecule has 0 radical (unpaired) electrons. The minimum Gasteiger partial charge on any atom is -0.464 e. The molecule has 0 aliphatic heterocycles. The summed E-state index contributed by atoms with van der Waals surface area (Å²) in [6.45, 7) is 4.43. The van der Waals surface area contributed by atoms with Crippen molar-refractivity contribution in [3.63, 3.8) is 0 Å². The minimum absolute atomic E-state index is 0.382. The number of fused-ring (bicyclic) bond motifs is 3. The molecule has 0 aliphatic carbocycles. The van der Waals surface area contributed by atoms with E-state index in [1.165, 1.54) is 7.11 Å². The highest BCUT2D eigenvalue weighted by molar-refractivity contribution is 7.09. The number of thiazole rings is 1. The van der Waals surface area contributed by atoms with E-state index in [9.17, 15) is 4.79 Å². The summed E-state index contributed by atoms with van der Waals surface area (Å²) in [4.78, 5) is 21.4. The van der Waals surface area contributed by atoms with E-state index >= 15 is 0 Å². The summed E-state index contributed by atoms with van der Waals surface area (Å²) in [5.41, 5.74) is 4.06. The molecule has 0 amide bonds. The van der Waals surface area contributed by atoms with Gasteiger partial charge in [-0.3, -0.25) is 4.40 Å². The molecule has 0 atom stereocenters. The molecule has 7 heteroatoms. The third-order valence-electron chi connectivity index (χ3n) is 4.05. The van der Waals surface area contributed by atoms with Gasteiger partial charge in [0.2, 0.25) is 5.78 Å². The quantitative estimate of drug-likeness (QED) is 0.537. The maximum atomic E-state index is 12.2. The molecule has 4 aromatic rings. The van der Waals surface area contributed by atoms with Crippen molar-refractivity contribution in [3.05, 3.63) is 51.7 Å². The topological polar surface area (TPSA) is 61.4 Å². The molecular weight excluding hydrogens is 324 g/mol.